The average molecular weight is 258 g/mol. The highest BCUT2D eigenvalue weighted by atomic mass is 16.5. The van der Waals surface area contributed by atoms with Gasteiger partial charge < -0.3 is 15.2 Å². The Labute approximate surface area is 113 Å². The zero-order chi connectivity index (χ0) is 13.7. The first-order chi connectivity index (χ1) is 9.22. The molecule has 1 aromatic heterocycles. The van der Waals surface area contributed by atoms with Crippen LogP contribution in [-0.2, 0) is 6.54 Å². The van der Waals surface area contributed by atoms with Crippen molar-refractivity contribution in [3.05, 3.63) is 53.9 Å². The molecule has 2 aromatic rings. The number of aromatic nitrogens is 1. The van der Waals surface area contributed by atoms with Gasteiger partial charge in [0, 0.05) is 30.5 Å². The largest absolute Gasteiger partial charge is 0.504 e. The molecule has 0 radical (unpaired) electrons. The Bertz CT molecular complexity index is 529. The summed E-state index contributed by atoms with van der Waals surface area (Å²) < 4.78 is 5.09. The summed E-state index contributed by atoms with van der Waals surface area (Å²) in [5.74, 6) is 0.684. The fourth-order valence-electron chi connectivity index (χ4n) is 1.89. The van der Waals surface area contributed by atoms with Crippen LogP contribution in [0.5, 0.6) is 11.5 Å². The van der Waals surface area contributed by atoms with E-state index in [1.807, 2.05) is 30.5 Å². The van der Waals surface area contributed by atoms with E-state index in [4.69, 9.17) is 4.74 Å². The summed E-state index contributed by atoms with van der Waals surface area (Å²) in [6.07, 6.45) is 3.59. The van der Waals surface area contributed by atoms with Crippen molar-refractivity contribution in [2.24, 2.45) is 0 Å². The molecule has 0 aliphatic carbocycles. The smallest absolute Gasteiger partial charge is 0.162 e. The molecule has 0 amide bonds. The fraction of sp³-hybridized carbons (Fsp3) is 0.267. The number of phenolic OH excluding ortho intramolecular Hbond substituents is 1. The van der Waals surface area contributed by atoms with Crippen molar-refractivity contribution in [2.75, 3.05) is 7.11 Å². The molecular weight excluding hydrogens is 240 g/mol. The van der Waals surface area contributed by atoms with E-state index in [1.165, 1.54) is 0 Å². The van der Waals surface area contributed by atoms with Crippen molar-refractivity contribution in [3.63, 3.8) is 0 Å². The molecule has 2 rings (SSSR count). The maximum absolute atomic E-state index is 9.99. The fourth-order valence-corrected chi connectivity index (χ4v) is 1.89. The Hall–Kier alpha value is -2.07. The highest BCUT2D eigenvalue weighted by Gasteiger charge is 2.09. The summed E-state index contributed by atoms with van der Waals surface area (Å²) in [5, 5.41) is 13.3. The molecule has 4 nitrogen and oxygen atoms in total. The minimum Gasteiger partial charge on any atom is -0.504 e. The summed E-state index contributed by atoms with van der Waals surface area (Å²) in [5.41, 5.74) is 1.93. The van der Waals surface area contributed by atoms with Gasteiger partial charge in [-0.15, -0.1) is 0 Å². The molecule has 1 aromatic carbocycles. The van der Waals surface area contributed by atoms with Crippen molar-refractivity contribution in [3.8, 4) is 11.5 Å². The van der Waals surface area contributed by atoms with Gasteiger partial charge >= 0.3 is 0 Å². The van der Waals surface area contributed by atoms with Gasteiger partial charge in [0.15, 0.2) is 11.5 Å². The first-order valence-electron chi connectivity index (χ1n) is 6.20. The van der Waals surface area contributed by atoms with Gasteiger partial charge in [-0.25, -0.2) is 0 Å². The number of methoxy groups -OCH3 is 1. The topological polar surface area (TPSA) is 54.4 Å². The van der Waals surface area contributed by atoms with Gasteiger partial charge in [-0.1, -0.05) is 18.2 Å². The van der Waals surface area contributed by atoms with Crippen LogP contribution in [0.15, 0.2) is 42.7 Å². The van der Waals surface area contributed by atoms with E-state index in [9.17, 15) is 5.11 Å². The lowest BCUT2D eigenvalue weighted by Gasteiger charge is -2.15. The lowest BCUT2D eigenvalue weighted by Crippen LogP contribution is -2.18. The van der Waals surface area contributed by atoms with E-state index in [-0.39, 0.29) is 11.8 Å². The van der Waals surface area contributed by atoms with Gasteiger partial charge in [0.2, 0.25) is 0 Å². The van der Waals surface area contributed by atoms with Crippen molar-refractivity contribution >= 4 is 0 Å². The second kappa shape index (κ2) is 6.20. The monoisotopic (exact) mass is 258 g/mol. The molecule has 0 spiro atoms. The van der Waals surface area contributed by atoms with Crippen LogP contribution in [0.25, 0.3) is 0 Å². The number of benzene rings is 1. The van der Waals surface area contributed by atoms with E-state index in [0.717, 1.165) is 11.1 Å². The van der Waals surface area contributed by atoms with Gasteiger partial charge in [0.1, 0.15) is 0 Å². The predicted octanol–water partition coefficient (Wildman–Crippen LogP) is 2.65. The second-order valence-electron chi connectivity index (χ2n) is 4.36. The van der Waals surface area contributed by atoms with Crippen LogP contribution in [-0.4, -0.2) is 17.2 Å². The van der Waals surface area contributed by atoms with Crippen LogP contribution >= 0.6 is 0 Å². The minimum atomic E-state index is 0.166. The maximum Gasteiger partial charge on any atom is 0.162 e. The van der Waals surface area contributed by atoms with E-state index in [0.29, 0.717) is 12.3 Å². The Kier molecular flexibility index (Phi) is 4.36. The molecule has 19 heavy (non-hydrogen) atoms. The summed E-state index contributed by atoms with van der Waals surface area (Å²) in [7, 11) is 1.55. The highest BCUT2D eigenvalue weighted by Crippen LogP contribution is 2.29. The lowest BCUT2D eigenvalue weighted by molar-refractivity contribution is 0.369. The third-order valence-electron chi connectivity index (χ3n) is 3.09. The number of ether oxygens (including phenoxy) is 1. The van der Waals surface area contributed by atoms with Crippen LogP contribution in [0.2, 0.25) is 0 Å². The Balaban J connectivity index is 2.03. The van der Waals surface area contributed by atoms with Gasteiger partial charge in [-0.2, -0.15) is 0 Å². The molecular formula is C15H18N2O2. The molecule has 4 heteroatoms. The first kappa shape index (κ1) is 13.4. The van der Waals surface area contributed by atoms with Crippen LogP contribution in [0.1, 0.15) is 24.1 Å². The van der Waals surface area contributed by atoms with E-state index in [1.54, 1.807) is 19.4 Å². The molecule has 0 aliphatic rings. The summed E-state index contributed by atoms with van der Waals surface area (Å²) in [6.45, 7) is 2.63. The number of nitrogens with zero attached hydrogens (tertiary/aromatic N) is 1. The Morgan fingerprint density at radius 2 is 2.16 bits per heavy atom. The predicted molar refractivity (Wildman–Crippen MR) is 74.2 cm³/mol. The Morgan fingerprint density at radius 3 is 2.84 bits per heavy atom. The van der Waals surface area contributed by atoms with Gasteiger partial charge in [-0.3, -0.25) is 4.98 Å². The number of hydrogen-bond donors (Lipinski definition) is 2. The number of phenols is 1. The average Bonchev–Trinajstić information content (AvgIpc) is 2.47. The molecule has 0 fully saturated rings. The molecule has 0 aliphatic heterocycles. The quantitative estimate of drug-likeness (QED) is 0.865. The molecule has 2 N–H and O–H groups in total. The molecule has 0 saturated carbocycles. The van der Waals surface area contributed by atoms with Crippen molar-refractivity contribution < 1.29 is 9.84 Å². The Morgan fingerprint density at radius 1 is 1.32 bits per heavy atom. The number of aromatic hydroxyl groups is 1. The highest BCUT2D eigenvalue weighted by molar-refractivity contribution is 5.45. The number of para-hydroxylation sites is 1. The first-order valence-corrected chi connectivity index (χ1v) is 6.20. The maximum atomic E-state index is 9.99. The third-order valence-corrected chi connectivity index (χ3v) is 3.09. The number of rotatable bonds is 5. The summed E-state index contributed by atoms with van der Waals surface area (Å²) in [6, 6.07) is 9.58. The standard InChI is InChI=1S/C15H18N2O2/c1-11(12-6-4-8-16-9-12)17-10-13-5-3-7-14(19-2)15(13)18/h3-9,11,17-18H,10H2,1-2H3/t11-/m1/s1. The second-order valence-corrected chi connectivity index (χ2v) is 4.36. The van der Waals surface area contributed by atoms with Crippen LogP contribution in [0.4, 0.5) is 0 Å². The SMILES string of the molecule is COc1cccc(CN[C@H](C)c2cccnc2)c1O. The van der Waals surface area contributed by atoms with Crippen molar-refractivity contribution in [1.29, 1.82) is 0 Å². The zero-order valence-corrected chi connectivity index (χ0v) is 11.1. The van der Waals surface area contributed by atoms with Crippen molar-refractivity contribution in [1.82, 2.24) is 10.3 Å². The van der Waals surface area contributed by atoms with Crippen LogP contribution in [0.3, 0.4) is 0 Å². The number of pyridine rings is 1. The summed E-state index contributed by atoms with van der Waals surface area (Å²) in [4.78, 5) is 4.10. The van der Waals surface area contributed by atoms with Gasteiger partial charge in [0.25, 0.3) is 0 Å². The van der Waals surface area contributed by atoms with Crippen LogP contribution < -0.4 is 10.1 Å². The molecule has 0 bridgehead atoms. The van der Waals surface area contributed by atoms with E-state index >= 15 is 0 Å². The van der Waals surface area contributed by atoms with Gasteiger partial charge in [-0.05, 0) is 24.6 Å². The number of hydrogen-bond acceptors (Lipinski definition) is 4. The number of nitrogens with one attached hydrogen (secondary N) is 1. The van der Waals surface area contributed by atoms with E-state index in [2.05, 4.69) is 17.2 Å². The van der Waals surface area contributed by atoms with Crippen LogP contribution in [0, 0.1) is 0 Å². The normalized spacial score (nSPS) is 12.1. The van der Waals surface area contributed by atoms with E-state index < -0.39 is 0 Å². The lowest BCUT2D eigenvalue weighted by atomic mass is 10.1. The minimum absolute atomic E-state index is 0.166. The zero-order valence-electron chi connectivity index (χ0n) is 11.1. The van der Waals surface area contributed by atoms with Crippen molar-refractivity contribution in [2.45, 2.75) is 19.5 Å². The molecule has 0 saturated heterocycles. The molecule has 0 unspecified atom stereocenters. The third kappa shape index (κ3) is 3.23. The molecule has 1 atom stereocenters. The molecule has 100 valence electrons. The van der Waals surface area contributed by atoms with Gasteiger partial charge in [0.05, 0.1) is 7.11 Å². The summed E-state index contributed by atoms with van der Waals surface area (Å²) >= 11 is 0. The molecule has 1 heterocycles.